The summed E-state index contributed by atoms with van der Waals surface area (Å²) in [4.78, 5) is 37.0. The Bertz CT molecular complexity index is 802. The van der Waals surface area contributed by atoms with Crippen molar-refractivity contribution in [3.8, 4) is 0 Å². The lowest BCUT2D eigenvalue weighted by atomic mass is 9.89. The first kappa shape index (κ1) is 17.9. The molecule has 0 saturated carbocycles. The third-order valence-electron chi connectivity index (χ3n) is 4.94. The molecule has 2 heterocycles. The van der Waals surface area contributed by atoms with Crippen LogP contribution in [-0.4, -0.2) is 41.4 Å². The highest BCUT2D eigenvalue weighted by molar-refractivity contribution is 6.12. The Kier molecular flexibility index (Phi) is 4.92. The fourth-order valence-electron chi connectivity index (χ4n) is 3.56. The van der Waals surface area contributed by atoms with E-state index in [1.54, 1.807) is 17.0 Å². The summed E-state index contributed by atoms with van der Waals surface area (Å²) in [6.45, 7) is 3.16. The van der Waals surface area contributed by atoms with Gasteiger partial charge >= 0.3 is 0 Å². The number of hydrogen-bond acceptors (Lipinski definition) is 5. The van der Waals surface area contributed by atoms with E-state index in [2.05, 4.69) is 10.5 Å². The van der Waals surface area contributed by atoms with E-state index in [0.717, 1.165) is 13.0 Å². The van der Waals surface area contributed by atoms with Gasteiger partial charge in [-0.2, -0.15) is 5.10 Å². The van der Waals surface area contributed by atoms with Crippen LogP contribution in [0.2, 0.25) is 0 Å². The van der Waals surface area contributed by atoms with Gasteiger partial charge in [0.2, 0.25) is 11.8 Å². The molecule has 1 fully saturated rings. The molecular formula is C18H23N5O3. The van der Waals surface area contributed by atoms with Crippen LogP contribution in [0.4, 0.5) is 5.69 Å². The van der Waals surface area contributed by atoms with Gasteiger partial charge in [-0.25, -0.2) is 5.43 Å². The molecule has 1 unspecified atom stereocenters. The van der Waals surface area contributed by atoms with E-state index in [9.17, 15) is 14.4 Å². The van der Waals surface area contributed by atoms with E-state index < -0.39 is 5.91 Å². The number of primary amides is 1. The Hall–Kier alpha value is -2.90. The summed E-state index contributed by atoms with van der Waals surface area (Å²) in [7, 11) is 0. The number of nitrogens with zero attached hydrogens (tertiary/aromatic N) is 2. The predicted molar refractivity (Wildman–Crippen MR) is 97.4 cm³/mol. The van der Waals surface area contributed by atoms with E-state index in [-0.39, 0.29) is 29.0 Å². The van der Waals surface area contributed by atoms with Gasteiger partial charge in [-0.3, -0.25) is 14.4 Å². The number of likely N-dealkylation sites (tertiary alicyclic amines) is 1. The van der Waals surface area contributed by atoms with Crippen molar-refractivity contribution in [1.29, 1.82) is 0 Å². The number of hydrazone groups is 1. The molecule has 0 bridgehead atoms. The zero-order chi connectivity index (χ0) is 18.8. The fraction of sp³-hybridized carbons (Fsp3) is 0.444. The van der Waals surface area contributed by atoms with E-state index in [1.807, 2.05) is 6.92 Å². The van der Waals surface area contributed by atoms with Gasteiger partial charge in [-0.15, -0.1) is 0 Å². The molecule has 2 aliphatic heterocycles. The van der Waals surface area contributed by atoms with Gasteiger partial charge in [0.05, 0.1) is 17.0 Å². The summed E-state index contributed by atoms with van der Waals surface area (Å²) in [5, 5.41) is 4.10. The highest BCUT2D eigenvalue weighted by atomic mass is 16.2. The molecule has 5 N–H and O–H groups in total. The average molecular weight is 357 g/mol. The number of anilines is 1. The second-order valence-electron chi connectivity index (χ2n) is 6.80. The minimum absolute atomic E-state index is 0.111. The van der Waals surface area contributed by atoms with Crippen molar-refractivity contribution < 1.29 is 14.4 Å². The molecule has 8 heteroatoms. The third-order valence-corrected chi connectivity index (χ3v) is 4.94. The Morgan fingerprint density at radius 3 is 2.77 bits per heavy atom. The standard InChI is InChI=1S/C18H23N5O3/c1-10-9-13(24)21-22-17(10)12-5-4-11(15(16(12)19)18(20)26)6-8-23-7-2-3-14(23)25/h4-5,10H,2-3,6-9,19H2,1H3,(H2,20,26)(H,21,24). The molecule has 1 atom stereocenters. The molecule has 1 aromatic carbocycles. The number of hydrogen-bond donors (Lipinski definition) is 3. The molecule has 8 nitrogen and oxygen atoms in total. The van der Waals surface area contributed by atoms with Crippen LogP contribution >= 0.6 is 0 Å². The van der Waals surface area contributed by atoms with Crippen molar-refractivity contribution in [3.63, 3.8) is 0 Å². The summed E-state index contributed by atoms with van der Waals surface area (Å²) >= 11 is 0. The summed E-state index contributed by atoms with van der Waals surface area (Å²) in [5.41, 5.74) is 16.8. The predicted octanol–water partition coefficient (Wildman–Crippen LogP) is 0.393. The molecule has 0 radical (unpaired) electrons. The van der Waals surface area contributed by atoms with Crippen LogP contribution in [0.25, 0.3) is 0 Å². The monoisotopic (exact) mass is 357 g/mol. The number of amides is 3. The van der Waals surface area contributed by atoms with Gasteiger partial charge in [-0.05, 0) is 18.4 Å². The van der Waals surface area contributed by atoms with Crippen LogP contribution in [0.5, 0.6) is 0 Å². The lowest BCUT2D eigenvalue weighted by molar-refractivity contribution is -0.127. The van der Waals surface area contributed by atoms with Gasteiger partial charge in [0, 0.05) is 37.4 Å². The second kappa shape index (κ2) is 7.15. The average Bonchev–Trinajstić information content (AvgIpc) is 2.98. The van der Waals surface area contributed by atoms with Crippen LogP contribution < -0.4 is 16.9 Å². The normalized spacial score (nSPS) is 20.1. The van der Waals surface area contributed by atoms with Crippen LogP contribution in [-0.2, 0) is 16.0 Å². The molecule has 1 saturated heterocycles. The fourth-order valence-corrected chi connectivity index (χ4v) is 3.56. The lowest BCUT2D eigenvalue weighted by Crippen LogP contribution is -2.33. The Morgan fingerprint density at radius 1 is 1.38 bits per heavy atom. The van der Waals surface area contributed by atoms with Crippen molar-refractivity contribution >= 4 is 29.1 Å². The first-order valence-corrected chi connectivity index (χ1v) is 8.74. The summed E-state index contributed by atoms with van der Waals surface area (Å²) in [6.07, 6.45) is 2.26. The van der Waals surface area contributed by atoms with E-state index >= 15 is 0 Å². The van der Waals surface area contributed by atoms with Crippen LogP contribution in [0.15, 0.2) is 17.2 Å². The Morgan fingerprint density at radius 2 is 2.15 bits per heavy atom. The molecule has 3 amide bonds. The number of benzene rings is 1. The van der Waals surface area contributed by atoms with E-state index in [0.29, 0.717) is 42.6 Å². The molecule has 26 heavy (non-hydrogen) atoms. The van der Waals surface area contributed by atoms with Crippen molar-refractivity contribution in [2.24, 2.45) is 16.8 Å². The van der Waals surface area contributed by atoms with Crippen molar-refractivity contribution in [3.05, 3.63) is 28.8 Å². The minimum atomic E-state index is -0.611. The zero-order valence-electron chi connectivity index (χ0n) is 14.7. The minimum Gasteiger partial charge on any atom is -0.398 e. The zero-order valence-corrected chi connectivity index (χ0v) is 14.7. The molecule has 1 aromatic rings. The summed E-state index contributed by atoms with van der Waals surface area (Å²) < 4.78 is 0. The van der Waals surface area contributed by atoms with Crippen molar-refractivity contribution in [2.45, 2.75) is 32.6 Å². The van der Waals surface area contributed by atoms with Gasteiger partial charge < -0.3 is 16.4 Å². The number of carbonyl (C=O) groups excluding carboxylic acids is 3. The lowest BCUT2D eigenvalue weighted by Gasteiger charge is -2.22. The number of nitrogen functional groups attached to an aromatic ring is 1. The van der Waals surface area contributed by atoms with E-state index in [4.69, 9.17) is 11.5 Å². The molecule has 3 rings (SSSR count). The first-order valence-electron chi connectivity index (χ1n) is 8.74. The maximum Gasteiger partial charge on any atom is 0.251 e. The molecule has 2 aliphatic rings. The largest absolute Gasteiger partial charge is 0.398 e. The van der Waals surface area contributed by atoms with Gasteiger partial charge in [0.25, 0.3) is 5.91 Å². The first-order chi connectivity index (χ1) is 12.4. The van der Waals surface area contributed by atoms with E-state index in [1.165, 1.54) is 0 Å². The molecule has 0 aromatic heterocycles. The van der Waals surface area contributed by atoms with Gasteiger partial charge in [0.1, 0.15) is 0 Å². The van der Waals surface area contributed by atoms with Crippen LogP contribution in [0, 0.1) is 5.92 Å². The van der Waals surface area contributed by atoms with Gasteiger partial charge in [0.15, 0.2) is 0 Å². The number of nitrogens with two attached hydrogens (primary N) is 2. The molecular weight excluding hydrogens is 334 g/mol. The Labute approximate surface area is 151 Å². The molecule has 0 spiro atoms. The number of rotatable bonds is 5. The van der Waals surface area contributed by atoms with Crippen molar-refractivity contribution in [1.82, 2.24) is 10.3 Å². The second-order valence-corrected chi connectivity index (χ2v) is 6.80. The highest BCUT2D eigenvalue weighted by Crippen LogP contribution is 2.27. The van der Waals surface area contributed by atoms with Gasteiger partial charge in [-0.1, -0.05) is 19.1 Å². The summed E-state index contributed by atoms with van der Waals surface area (Å²) in [6, 6.07) is 3.60. The maximum atomic E-state index is 12.0. The summed E-state index contributed by atoms with van der Waals surface area (Å²) in [5.74, 6) is -0.738. The smallest absolute Gasteiger partial charge is 0.251 e. The number of nitrogens with one attached hydrogen (secondary N) is 1. The van der Waals surface area contributed by atoms with Crippen LogP contribution in [0.1, 0.15) is 47.7 Å². The van der Waals surface area contributed by atoms with Crippen molar-refractivity contribution in [2.75, 3.05) is 18.8 Å². The topological polar surface area (TPSA) is 131 Å². The quantitative estimate of drug-likeness (QED) is 0.658. The molecule has 0 aliphatic carbocycles. The maximum absolute atomic E-state index is 12.0. The van der Waals surface area contributed by atoms with Crippen LogP contribution in [0.3, 0.4) is 0 Å². The third kappa shape index (κ3) is 3.40. The number of carbonyl (C=O) groups is 3. The molecule has 138 valence electrons. The SMILES string of the molecule is CC1CC(=O)NN=C1c1ccc(CCN2CCCC2=O)c(C(N)=O)c1N. The highest BCUT2D eigenvalue weighted by Gasteiger charge is 2.26. The Balaban J connectivity index is 1.90.